The number of carbonyl (C=O) groups is 2. The number of rotatable bonds is 7. The predicted octanol–water partition coefficient (Wildman–Crippen LogP) is 3.13. The Balaban J connectivity index is 2.05. The summed E-state index contributed by atoms with van der Waals surface area (Å²) in [5.74, 6) is -2.74. The number of carbonyl (C=O) groups excluding carboxylic acids is 2. The van der Waals surface area contributed by atoms with E-state index in [0.717, 1.165) is 18.2 Å². The lowest BCUT2D eigenvalue weighted by atomic mass is 10.0. The standard InChI is InChI=1S/C24H21NO5/c1-30-24(29)22(27)13-21(26)20-16-25(14-18-10-6-3-7-11-18)15-19(23(20)28)12-17-8-4-2-5-9-17/h2-11,13,15-16,26H,12,14H2,1H3. The zero-order valence-electron chi connectivity index (χ0n) is 16.4. The molecule has 2 aromatic carbocycles. The molecule has 3 rings (SSSR count). The van der Waals surface area contributed by atoms with Crippen LogP contribution in [0.15, 0.2) is 83.9 Å². The number of aliphatic hydroxyl groups excluding tert-OH is 1. The summed E-state index contributed by atoms with van der Waals surface area (Å²) in [6.07, 6.45) is 4.28. The van der Waals surface area contributed by atoms with Crippen LogP contribution < -0.4 is 5.43 Å². The summed E-state index contributed by atoms with van der Waals surface area (Å²) in [5.41, 5.74) is 1.94. The fourth-order valence-electron chi connectivity index (χ4n) is 3.06. The van der Waals surface area contributed by atoms with E-state index in [1.807, 2.05) is 60.7 Å². The molecular formula is C24H21NO5. The molecule has 0 bridgehead atoms. The van der Waals surface area contributed by atoms with E-state index in [1.54, 1.807) is 10.8 Å². The summed E-state index contributed by atoms with van der Waals surface area (Å²) in [5, 5.41) is 10.4. The SMILES string of the molecule is COC(=O)C(=O)C=C(O)c1cn(Cc2ccccc2)cc(Cc2ccccc2)c1=O. The average molecular weight is 403 g/mol. The maximum Gasteiger partial charge on any atom is 0.378 e. The number of aliphatic hydroxyl groups is 1. The van der Waals surface area contributed by atoms with Crippen LogP contribution in [0.2, 0.25) is 0 Å². The molecule has 1 aromatic heterocycles. The molecule has 0 fully saturated rings. The number of pyridine rings is 1. The normalized spacial score (nSPS) is 11.2. The Morgan fingerprint density at radius 2 is 1.57 bits per heavy atom. The van der Waals surface area contributed by atoms with Gasteiger partial charge in [0.05, 0.1) is 12.7 Å². The molecule has 0 saturated heterocycles. The Labute approximate surface area is 173 Å². The van der Waals surface area contributed by atoms with Crippen LogP contribution in [0.4, 0.5) is 0 Å². The van der Waals surface area contributed by atoms with E-state index < -0.39 is 22.9 Å². The lowest BCUT2D eigenvalue weighted by Gasteiger charge is -2.12. The van der Waals surface area contributed by atoms with Gasteiger partial charge in [-0.1, -0.05) is 60.7 Å². The highest BCUT2D eigenvalue weighted by atomic mass is 16.5. The van der Waals surface area contributed by atoms with Crippen LogP contribution >= 0.6 is 0 Å². The first-order valence-electron chi connectivity index (χ1n) is 9.32. The van der Waals surface area contributed by atoms with Crippen molar-refractivity contribution in [2.45, 2.75) is 13.0 Å². The monoisotopic (exact) mass is 403 g/mol. The number of aromatic nitrogens is 1. The van der Waals surface area contributed by atoms with E-state index in [1.165, 1.54) is 6.20 Å². The number of benzene rings is 2. The molecule has 1 heterocycles. The second-order valence-corrected chi connectivity index (χ2v) is 6.73. The second-order valence-electron chi connectivity index (χ2n) is 6.73. The second kappa shape index (κ2) is 9.52. The number of hydrogen-bond acceptors (Lipinski definition) is 5. The number of esters is 1. The summed E-state index contributed by atoms with van der Waals surface area (Å²) in [6.45, 7) is 0.466. The summed E-state index contributed by atoms with van der Waals surface area (Å²) in [7, 11) is 1.07. The van der Waals surface area contributed by atoms with E-state index in [9.17, 15) is 19.5 Å². The number of nitrogens with zero attached hydrogens (tertiary/aromatic N) is 1. The van der Waals surface area contributed by atoms with Crippen LogP contribution in [0, 0.1) is 0 Å². The largest absolute Gasteiger partial charge is 0.507 e. The van der Waals surface area contributed by atoms with Gasteiger partial charge in [-0.05, 0) is 11.1 Å². The topological polar surface area (TPSA) is 85.6 Å². The van der Waals surface area contributed by atoms with Crippen molar-refractivity contribution in [1.29, 1.82) is 0 Å². The zero-order chi connectivity index (χ0) is 21.5. The smallest absolute Gasteiger partial charge is 0.378 e. The molecule has 0 aliphatic heterocycles. The fraction of sp³-hybridized carbons (Fsp3) is 0.125. The molecule has 1 N–H and O–H groups in total. The van der Waals surface area contributed by atoms with Crippen molar-refractivity contribution >= 4 is 17.5 Å². The zero-order valence-corrected chi connectivity index (χ0v) is 16.4. The molecule has 152 valence electrons. The Morgan fingerprint density at radius 1 is 0.967 bits per heavy atom. The van der Waals surface area contributed by atoms with Crippen molar-refractivity contribution in [2.24, 2.45) is 0 Å². The molecule has 0 aliphatic carbocycles. The molecule has 3 aromatic rings. The maximum absolute atomic E-state index is 13.0. The van der Waals surface area contributed by atoms with Gasteiger partial charge in [0, 0.05) is 37.0 Å². The van der Waals surface area contributed by atoms with Crippen LogP contribution in [0.1, 0.15) is 22.3 Å². The third-order valence-electron chi connectivity index (χ3n) is 4.53. The Bertz CT molecular complexity index is 1130. The van der Waals surface area contributed by atoms with E-state index >= 15 is 0 Å². The van der Waals surface area contributed by atoms with E-state index in [-0.39, 0.29) is 5.56 Å². The predicted molar refractivity (Wildman–Crippen MR) is 113 cm³/mol. The van der Waals surface area contributed by atoms with E-state index in [0.29, 0.717) is 24.6 Å². The Morgan fingerprint density at radius 3 is 2.17 bits per heavy atom. The molecule has 0 amide bonds. The highest BCUT2D eigenvalue weighted by Gasteiger charge is 2.17. The number of ketones is 1. The van der Waals surface area contributed by atoms with Crippen molar-refractivity contribution in [3.63, 3.8) is 0 Å². The molecule has 0 atom stereocenters. The lowest BCUT2D eigenvalue weighted by Crippen LogP contribution is -2.20. The average Bonchev–Trinajstić information content (AvgIpc) is 2.76. The maximum atomic E-state index is 13.0. The van der Waals surface area contributed by atoms with Gasteiger partial charge in [0.15, 0.2) is 5.43 Å². The van der Waals surface area contributed by atoms with Gasteiger partial charge in [0.25, 0.3) is 5.78 Å². The van der Waals surface area contributed by atoms with Gasteiger partial charge < -0.3 is 14.4 Å². The Hall–Kier alpha value is -3.93. The number of ether oxygens (including phenoxy) is 1. The highest BCUT2D eigenvalue weighted by molar-refractivity contribution is 6.39. The minimum atomic E-state index is -1.12. The van der Waals surface area contributed by atoms with Gasteiger partial charge in [-0.25, -0.2) is 4.79 Å². The molecule has 0 spiro atoms. The summed E-state index contributed by atoms with van der Waals surface area (Å²) < 4.78 is 6.13. The summed E-state index contributed by atoms with van der Waals surface area (Å²) in [6, 6.07) is 19.1. The van der Waals surface area contributed by atoms with Crippen molar-refractivity contribution < 1.29 is 19.4 Å². The molecule has 0 radical (unpaired) electrons. The van der Waals surface area contributed by atoms with Crippen LogP contribution in [-0.4, -0.2) is 28.5 Å². The minimum Gasteiger partial charge on any atom is -0.507 e. The molecule has 0 saturated carbocycles. The molecule has 0 aliphatic rings. The van der Waals surface area contributed by atoms with Gasteiger partial charge in [0.1, 0.15) is 5.76 Å². The molecule has 6 nitrogen and oxygen atoms in total. The molecular weight excluding hydrogens is 382 g/mol. The van der Waals surface area contributed by atoms with Crippen LogP contribution in [0.3, 0.4) is 0 Å². The van der Waals surface area contributed by atoms with Gasteiger partial charge in [-0.15, -0.1) is 0 Å². The highest BCUT2D eigenvalue weighted by Crippen LogP contribution is 2.13. The minimum absolute atomic E-state index is 0.0587. The molecule has 6 heteroatoms. The Kier molecular flexibility index (Phi) is 6.60. The van der Waals surface area contributed by atoms with Crippen molar-refractivity contribution in [3.05, 3.63) is 112 Å². The number of methoxy groups -OCH3 is 1. The lowest BCUT2D eigenvalue weighted by molar-refractivity contribution is -0.149. The summed E-state index contributed by atoms with van der Waals surface area (Å²) in [4.78, 5) is 36.2. The van der Waals surface area contributed by atoms with Crippen molar-refractivity contribution in [3.8, 4) is 0 Å². The molecule has 30 heavy (non-hydrogen) atoms. The molecule has 0 unspecified atom stereocenters. The van der Waals surface area contributed by atoms with Gasteiger partial charge >= 0.3 is 5.97 Å². The van der Waals surface area contributed by atoms with Gasteiger partial charge in [-0.3, -0.25) is 9.59 Å². The van der Waals surface area contributed by atoms with Crippen molar-refractivity contribution in [2.75, 3.05) is 7.11 Å². The fourth-order valence-corrected chi connectivity index (χ4v) is 3.06. The first-order valence-corrected chi connectivity index (χ1v) is 9.32. The summed E-state index contributed by atoms with van der Waals surface area (Å²) >= 11 is 0. The quantitative estimate of drug-likeness (QED) is 0.284. The van der Waals surface area contributed by atoms with Crippen LogP contribution in [0.25, 0.3) is 5.76 Å². The number of hydrogen-bond donors (Lipinski definition) is 1. The van der Waals surface area contributed by atoms with Crippen LogP contribution in [0.5, 0.6) is 0 Å². The first kappa shape index (κ1) is 20.8. The van der Waals surface area contributed by atoms with Crippen molar-refractivity contribution in [1.82, 2.24) is 4.57 Å². The van der Waals surface area contributed by atoms with E-state index in [2.05, 4.69) is 4.74 Å². The first-order chi connectivity index (χ1) is 14.5. The third-order valence-corrected chi connectivity index (χ3v) is 4.53. The van der Waals surface area contributed by atoms with Crippen LogP contribution in [-0.2, 0) is 27.3 Å². The third kappa shape index (κ3) is 5.11. The van der Waals surface area contributed by atoms with Gasteiger partial charge in [-0.2, -0.15) is 0 Å². The van der Waals surface area contributed by atoms with E-state index in [4.69, 9.17) is 0 Å². The van der Waals surface area contributed by atoms with Gasteiger partial charge in [0.2, 0.25) is 0 Å².